The van der Waals surface area contributed by atoms with E-state index in [9.17, 15) is 4.79 Å². The van der Waals surface area contributed by atoms with Crippen LogP contribution in [0.3, 0.4) is 0 Å². The molecule has 0 atom stereocenters. The summed E-state index contributed by atoms with van der Waals surface area (Å²) in [5.74, 6) is 1.34. The predicted molar refractivity (Wildman–Crippen MR) is 114 cm³/mol. The SMILES string of the molecule is CCn1c(SCC(=O)N(Cc2ccccn2)C2CC2)nnc1-c1ccccc1C. The van der Waals surface area contributed by atoms with Gasteiger partial charge < -0.3 is 9.47 Å². The van der Waals surface area contributed by atoms with Gasteiger partial charge in [-0.1, -0.05) is 42.1 Å². The Morgan fingerprint density at radius 3 is 2.66 bits per heavy atom. The van der Waals surface area contributed by atoms with Gasteiger partial charge in [-0.05, 0) is 44.4 Å². The maximum absolute atomic E-state index is 13.0. The molecule has 0 bridgehead atoms. The van der Waals surface area contributed by atoms with Crippen molar-refractivity contribution < 1.29 is 4.79 Å². The number of hydrogen-bond donors (Lipinski definition) is 0. The molecule has 3 aromatic rings. The lowest BCUT2D eigenvalue weighted by molar-refractivity contribution is -0.129. The summed E-state index contributed by atoms with van der Waals surface area (Å²) < 4.78 is 2.08. The van der Waals surface area contributed by atoms with Gasteiger partial charge in [0.05, 0.1) is 18.0 Å². The maximum atomic E-state index is 13.0. The van der Waals surface area contributed by atoms with Crippen molar-refractivity contribution in [3.8, 4) is 11.4 Å². The third-order valence-corrected chi connectivity index (χ3v) is 6.06. The van der Waals surface area contributed by atoms with Crippen molar-refractivity contribution in [3.05, 3.63) is 59.9 Å². The number of aryl methyl sites for hydroxylation is 1. The van der Waals surface area contributed by atoms with Crippen molar-refractivity contribution in [2.45, 2.75) is 51.0 Å². The molecule has 4 rings (SSSR count). The lowest BCUT2D eigenvalue weighted by Gasteiger charge is -2.22. The van der Waals surface area contributed by atoms with E-state index in [1.807, 2.05) is 35.2 Å². The smallest absolute Gasteiger partial charge is 0.233 e. The van der Waals surface area contributed by atoms with E-state index < -0.39 is 0 Å². The molecule has 0 spiro atoms. The fraction of sp³-hybridized carbons (Fsp3) is 0.364. The average Bonchev–Trinajstić information content (AvgIpc) is 3.51. The van der Waals surface area contributed by atoms with Crippen LogP contribution in [0, 0.1) is 6.92 Å². The van der Waals surface area contributed by atoms with Crippen molar-refractivity contribution in [3.63, 3.8) is 0 Å². The van der Waals surface area contributed by atoms with E-state index >= 15 is 0 Å². The number of aromatic nitrogens is 4. The van der Waals surface area contributed by atoms with Gasteiger partial charge in [0.2, 0.25) is 5.91 Å². The summed E-state index contributed by atoms with van der Waals surface area (Å²) in [4.78, 5) is 19.3. The van der Waals surface area contributed by atoms with Crippen LogP contribution >= 0.6 is 11.8 Å². The highest BCUT2D eigenvalue weighted by Gasteiger charge is 2.33. The van der Waals surface area contributed by atoms with E-state index in [0.717, 1.165) is 47.2 Å². The normalized spacial score (nSPS) is 13.4. The zero-order chi connectivity index (χ0) is 20.2. The Labute approximate surface area is 175 Å². The number of carbonyl (C=O) groups excluding carboxylic acids is 1. The van der Waals surface area contributed by atoms with E-state index in [2.05, 4.69) is 45.7 Å². The highest BCUT2D eigenvalue weighted by molar-refractivity contribution is 7.99. The van der Waals surface area contributed by atoms with Crippen molar-refractivity contribution in [1.29, 1.82) is 0 Å². The summed E-state index contributed by atoms with van der Waals surface area (Å²) in [6.45, 7) is 5.48. The molecule has 0 radical (unpaired) electrons. The number of benzene rings is 1. The minimum absolute atomic E-state index is 0.131. The monoisotopic (exact) mass is 407 g/mol. The Morgan fingerprint density at radius 2 is 1.97 bits per heavy atom. The first-order chi connectivity index (χ1) is 14.2. The van der Waals surface area contributed by atoms with Crippen LogP contribution in [0.2, 0.25) is 0 Å². The van der Waals surface area contributed by atoms with Gasteiger partial charge in [-0.3, -0.25) is 9.78 Å². The van der Waals surface area contributed by atoms with Crippen LogP contribution in [0.1, 0.15) is 31.0 Å². The maximum Gasteiger partial charge on any atom is 0.233 e. The fourth-order valence-electron chi connectivity index (χ4n) is 3.39. The number of pyridine rings is 1. The van der Waals surface area contributed by atoms with Crippen LogP contribution in [-0.4, -0.2) is 42.4 Å². The van der Waals surface area contributed by atoms with Crippen LogP contribution < -0.4 is 0 Å². The molecule has 1 aliphatic carbocycles. The van der Waals surface area contributed by atoms with Crippen molar-refractivity contribution >= 4 is 17.7 Å². The molecular weight excluding hydrogens is 382 g/mol. The number of amides is 1. The first-order valence-electron chi connectivity index (χ1n) is 9.98. The van der Waals surface area contributed by atoms with Gasteiger partial charge >= 0.3 is 0 Å². The molecule has 150 valence electrons. The summed E-state index contributed by atoms with van der Waals surface area (Å²) >= 11 is 1.46. The second-order valence-corrected chi connectivity index (χ2v) is 8.17. The van der Waals surface area contributed by atoms with Gasteiger partial charge in [0, 0.05) is 24.3 Å². The molecule has 0 unspecified atom stereocenters. The quantitative estimate of drug-likeness (QED) is 0.529. The predicted octanol–water partition coefficient (Wildman–Crippen LogP) is 3.95. The summed E-state index contributed by atoms with van der Waals surface area (Å²) in [7, 11) is 0. The number of rotatable bonds is 8. The van der Waals surface area contributed by atoms with Gasteiger partial charge in [-0.25, -0.2) is 0 Å². The lowest BCUT2D eigenvalue weighted by Crippen LogP contribution is -2.34. The summed E-state index contributed by atoms with van der Waals surface area (Å²) in [5.41, 5.74) is 3.17. The van der Waals surface area contributed by atoms with Gasteiger partial charge in [0.15, 0.2) is 11.0 Å². The molecule has 2 heterocycles. The molecule has 6 nitrogen and oxygen atoms in total. The van der Waals surface area contributed by atoms with Crippen molar-refractivity contribution in [1.82, 2.24) is 24.6 Å². The molecule has 0 saturated heterocycles. The Hall–Kier alpha value is -2.67. The molecular formula is C22H25N5OS. The molecule has 0 aliphatic heterocycles. The zero-order valence-electron chi connectivity index (χ0n) is 16.8. The minimum Gasteiger partial charge on any atom is -0.333 e. The minimum atomic E-state index is 0.131. The molecule has 29 heavy (non-hydrogen) atoms. The Balaban J connectivity index is 1.47. The zero-order valence-corrected chi connectivity index (χ0v) is 17.6. The lowest BCUT2D eigenvalue weighted by atomic mass is 10.1. The van der Waals surface area contributed by atoms with E-state index in [1.165, 1.54) is 11.8 Å². The van der Waals surface area contributed by atoms with Gasteiger partial charge in [0.1, 0.15) is 0 Å². The van der Waals surface area contributed by atoms with E-state index in [0.29, 0.717) is 18.3 Å². The third kappa shape index (κ3) is 4.50. The molecule has 1 saturated carbocycles. The molecule has 1 amide bonds. The number of carbonyl (C=O) groups is 1. The van der Waals surface area contributed by atoms with Gasteiger partial charge in [0.25, 0.3) is 0 Å². The van der Waals surface area contributed by atoms with Gasteiger partial charge in [-0.15, -0.1) is 10.2 Å². The molecule has 1 aromatic carbocycles. The van der Waals surface area contributed by atoms with Crippen LogP contribution in [0.25, 0.3) is 11.4 Å². The molecule has 0 N–H and O–H groups in total. The van der Waals surface area contributed by atoms with Crippen LogP contribution in [0.4, 0.5) is 0 Å². The largest absolute Gasteiger partial charge is 0.333 e. The molecule has 1 aliphatic rings. The molecule has 7 heteroatoms. The summed E-state index contributed by atoms with van der Waals surface area (Å²) in [5, 5.41) is 9.57. The van der Waals surface area contributed by atoms with Crippen molar-refractivity contribution in [2.24, 2.45) is 0 Å². The first kappa shape index (κ1) is 19.6. The highest BCUT2D eigenvalue weighted by atomic mass is 32.2. The van der Waals surface area contributed by atoms with Crippen LogP contribution in [-0.2, 0) is 17.9 Å². The Morgan fingerprint density at radius 1 is 1.17 bits per heavy atom. The van der Waals surface area contributed by atoms with E-state index in [4.69, 9.17) is 0 Å². The first-order valence-corrected chi connectivity index (χ1v) is 11.0. The standard InChI is InChI=1S/C22H25N5OS/c1-3-26-21(19-10-5-4-8-16(19)2)24-25-22(26)29-15-20(28)27(18-11-12-18)14-17-9-6-7-13-23-17/h4-10,13,18H,3,11-12,14-15H2,1-2H3. The molecule has 2 aromatic heterocycles. The van der Waals surface area contributed by atoms with Gasteiger partial charge in [-0.2, -0.15) is 0 Å². The van der Waals surface area contributed by atoms with Crippen molar-refractivity contribution in [2.75, 3.05) is 5.75 Å². The topological polar surface area (TPSA) is 63.9 Å². The summed E-state index contributed by atoms with van der Waals surface area (Å²) in [6.07, 6.45) is 3.92. The molecule has 1 fully saturated rings. The fourth-order valence-corrected chi connectivity index (χ4v) is 4.27. The highest BCUT2D eigenvalue weighted by Crippen LogP contribution is 2.30. The number of nitrogens with zero attached hydrogens (tertiary/aromatic N) is 5. The number of thioether (sulfide) groups is 1. The second kappa shape index (κ2) is 8.78. The Bertz CT molecular complexity index is 984. The van der Waals surface area contributed by atoms with E-state index in [1.54, 1.807) is 6.20 Å². The number of hydrogen-bond acceptors (Lipinski definition) is 5. The van der Waals surface area contributed by atoms with Crippen LogP contribution in [0.15, 0.2) is 53.8 Å². The third-order valence-electron chi connectivity index (χ3n) is 5.11. The second-order valence-electron chi connectivity index (χ2n) is 7.23. The Kier molecular flexibility index (Phi) is 5.94. The van der Waals surface area contributed by atoms with E-state index in [-0.39, 0.29) is 5.91 Å². The average molecular weight is 408 g/mol. The van der Waals surface area contributed by atoms with Crippen LogP contribution in [0.5, 0.6) is 0 Å². The summed E-state index contributed by atoms with van der Waals surface area (Å²) in [6, 6.07) is 14.3.